The molecule has 4 N–H and O–H groups in total. The van der Waals surface area contributed by atoms with Gasteiger partial charge in [-0.25, -0.2) is 0 Å². The molecule has 0 atom stereocenters. The molecular weight excluding hydrogens is 366 g/mol. The molecule has 0 aliphatic heterocycles. The average molecular weight is 389 g/mol. The molecule has 8 heteroatoms. The van der Waals surface area contributed by atoms with Gasteiger partial charge in [-0.1, -0.05) is 26.8 Å². The number of amides is 3. The molecule has 27 heavy (non-hydrogen) atoms. The summed E-state index contributed by atoms with van der Waals surface area (Å²) >= 11 is 1.21. The smallest absolute Gasteiger partial charge is 0.266 e. The number of thiophene rings is 1. The monoisotopic (exact) mass is 389 g/mol. The fourth-order valence-electron chi connectivity index (χ4n) is 2.07. The van der Waals surface area contributed by atoms with Crippen LogP contribution in [0.2, 0.25) is 0 Å². The lowest BCUT2D eigenvalue weighted by atomic mass is 9.96. The van der Waals surface area contributed by atoms with Crippen LogP contribution in [0.3, 0.4) is 0 Å². The number of anilines is 2. The summed E-state index contributed by atoms with van der Waals surface area (Å²) in [6.45, 7) is 7.04. The van der Waals surface area contributed by atoms with Crippen LogP contribution in [-0.2, 0) is 9.59 Å². The van der Waals surface area contributed by atoms with E-state index < -0.39 is 11.3 Å². The molecule has 1 aromatic heterocycles. The summed E-state index contributed by atoms with van der Waals surface area (Å²) in [5.41, 5.74) is 5.82. The minimum Gasteiger partial charge on any atom is -0.484 e. The van der Waals surface area contributed by atoms with Crippen LogP contribution in [0, 0.1) is 12.3 Å². The van der Waals surface area contributed by atoms with Crippen molar-refractivity contribution in [2.75, 3.05) is 17.2 Å². The molecule has 144 valence electrons. The van der Waals surface area contributed by atoms with Crippen LogP contribution in [0.5, 0.6) is 5.75 Å². The van der Waals surface area contributed by atoms with Crippen LogP contribution in [0.15, 0.2) is 30.3 Å². The van der Waals surface area contributed by atoms with Crippen LogP contribution in [0.25, 0.3) is 0 Å². The first-order valence-corrected chi connectivity index (χ1v) is 9.12. The van der Waals surface area contributed by atoms with E-state index in [-0.39, 0.29) is 18.4 Å². The zero-order chi connectivity index (χ0) is 20.2. The topological polar surface area (TPSA) is 111 Å². The van der Waals surface area contributed by atoms with Gasteiger partial charge in [0.1, 0.15) is 5.75 Å². The maximum absolute atomic E-state index is 12.6. The van der Waals surface area contributed by atoms with Crippen LogP contribution >= 0.6 is 11.3 Å². The van der Waals surface area contributed by atoms with Crippen molar-refractivity contribution < 1.29 is 19.1 Å². The van der Waals surface area contributed by atoms with Gasteiger partial charge in [0.05, 0.1) is 9.88 Å². The quantitative estimate of drug-likeness (QED) is 0.705. The third-order valence-electron chi connectivity index (χ3n) is 3.51. The highest BCUT2D eigenvalue weighted by atomic mass is 32.1. The highest BCUT2D eigenvalue weighted by Gasteiger charge is 2.23. The second-order valence-electron chi connectivity index (χ2n) is 7.06. The molecule has 7 nitrogen and oxygen atoms in total. The second kappa shape index (κ2) is 8.22. The number of carbonyl (C=O) groups excluding carboxylic acids is 3. The molecule has 0 fully saturated rings. The van der Waals surface area contributed by atoms with Gasteiger partial charge in [0.25, 0.3) is 11.8 Å². The molecule has 1 aromatic carbocycles. The fourth-order valence-corrected chi connectivity index (χ4v) is 3.04. The number of rotatable bonds is 6. The van der Waals surface area contributed by atoms with Gasteiger partial charge in [0.15, 0.2) is 6.61 Å². The summed E-state index contributed by atoms with van der Waals surface area (Å²) in [7, 11) is 0. The van der Waals surface area contributed by atoms with Gasteiger partial charge in [0.2, 0.25) is 5.91 Å². The molecule has 0 saturated heterocycles. The Morgan fingerprint density at radius 1 is 1.15 bits per heavy atom. The minimum atomic E-state index is -0.580. The number of aryl methyl sites for hydroxylation is 1. The Morgan fingerprint density at radius 3 is 2.48 bits per heavy atom. The van der Waals surface area contributed by atoms with Gasteiger partial charge < -0.3 is 21.1 Å². The standard InChI is InChI=1S/C19H23N3O4S/c1-11-8-15(22-18(25)19(2,3)4)27-16(11)17(24)21-12-6-5-7-13(9-12)26-10-14(20)23/h5-9H,10H2,1-4H3,(H2,20,23)(H,21,24)(H,22,25). The second-order valence-corrected chi connectivity index (χ2v) is 8.12. The van der Waals surface area contributed by atoms with Gasteiger partial charge in [-0.05, 0) is 30.7 Å². The van der Waals surface area contributed by atoms with Crippen molar-refractivity contribution in [3.8, 4) is 5.75 Å². The predicted octanol–water partition coefficient (Wildman–Crippen LogP) is 3.16. The van der Waals surface area contributed by atoms with Gasteiger partial charge >= 0.3 is 0 Å². The SMILES string of the molecule is Cc1cc(NC(=O)C(C)(C)C)sc1C(=O)Nc1cccc(OCC(N)=O)c1. The summed E-state index contributed by atoms with van der Waals surface area (Å²) < 4.78 is 5.23. The molecule has 0 aliphatic carbocycles. The summed E-state index contributed by atoms with van der Waals surface area (Å²) in [4.78, 5) is 36.0. The zero-order valence-corrected chi connectivity index (χ0v) is 16.5. The molecule has 2 rings (SSSR count). The first-order chi connectivity index (χ1) is 12.6. The predicted molar refractivity (Wildman–Crippen MR) is 106 cm³/mol. The lowest BCUT2D eigenvalue weighted by Crippen LogP contribution is -2.27. The van der Waals surface area contributed by atoms with Crippen molar-refractivity contribution in [2.24, 2.45) is 11.1 Å². The van der Waals surface area contributed by atoms with Crippen LogP contribution in [0.4, 0.5) is 10.7 Å². The fraction of sp³-hybridized carbons (Fsp3) is 0.316. The van der Waals surface area contributed by atoms with E-state index in [1.165, 1.54) is 11.3 Å². The summed E-state index contributed by atoms with van der Waals surface area (Å²) in [5, 5.41) is 6.24. The molecule has 0 radical (unpaired) electrons. The van der Waals surface area contributed by atoms with Crippen molar-refractivity contribution in [1.82, 2.24) is 0 Å². The minimum absolute atomic E-state index is 0.116. The van der Waals surface area contributed by atoms with E-state index in [2.05, 4.69) is 10.6 Å². The molecule has 0 unspecified atom stereocenters. The van der Waals surface area contributed by atoms with Gasteiger partial charge in [-0.3, -0.25) is 14.4 Å². The number of carbonyl (C=O) groups is 3. The Hall–Kier alpha value is -2.87. The van der Waals surface area contributed by atoms with E-state index in [9.17, 15) is 14.4 Å². The Labute approximate surface area is 161 Å². The third kappa shape index (κ3) is 5.82. The van der Waals surface area contributed by atoms with Crippen LogP contribution in [-0.4, -0.2) is 24.3 Å². The number of primary amides is 1. The van der Waals surface area contributed by atoms with Crippen molar-refractivity contribution in [3.05, 3.63) is 40.8 Å². The number of ether oxygens (including phenoxy) is 1. The molecule has 0 bridgehead atoms. The normalized spacial score (nSPS) is 11.0. The number of benzene rings is 1. The lowest BCUT2D eigenvalue weighted by molar-refractivity contribution is -0.123. The largest absolute Gasteiger partial charge is 0.484 e. The summed E-state index contributed by atoms with van der Waals surface area (Å²) in [6, 6.07) is 8.44. The maximum atomic E-state index is 12.6. The van der Waals surface area contributed by atoms with E-state index in [1.54, 1.807) is 30.3 Å². The number of nitrogens with one attached hydrogen (secondary N) is 2. The molecule has 1 heterocycles. The van der Waals surface area contributed by atoms with Crippen LogP contribution < -0.4 is 21.1 Å². The van der Waals surface area contributed by atoms with Crippen molar-refractivity contribution in [1.29, 1.82) is 0 Å². The van der Waals surface area contributed by atoms with E-state index in [0.717, 1.165) is 5.56 Å². The number of nitrogens with two attached hydrogens (primary N) is 1. The van der Waals surface area contributed by atoms with E-state index >= 15 is 0 Å². The Balaban J connectivity index is 2.09. The molecule has 0 spiro atoms. The van der Waals surface area contributed by atoms with Gasteiger partial charge in [-0.15, -0.1) is 11.3 Å². The molecule has 0 aliphatic rings. The average Bonchev–Trinajstić information content (AvgIpc) is 2.93. The van der Waals surface area contributed by atoms with E-state index in [4.69, 9.17) is 10.5 Å². The van der Waals surface area contributed by atoms with E-state index in [0.29, 0.717) is 21.3 Å². The Bertz CT molecular complexity index is 868. The number of hydrogen-bond donors (Lipinski definition) is 3. The summed E-state index contributed by atoms with van der Waals surface area (Å²) in [5.74, 6) is -0.563. The highest BCUT2D eigenvalue weighted by molar-refractivity contribution is 7.18. The molecule has 2 aromatic rings. The van der Waals surface area contributed by atoms with Crippen molar-refractivity contribution >= 4 is 39.7 Å². The zero-order valence-electron chi connectivity index (χ0n) is 15.7. The number of hydrogen-bond acceptors (Lipinski definition) is 5. The van der Waals surface area contributed by atoms with Crippen molar-refractivity contribution in [3.63, 3.8) is 0 Å². The van der Waals surface area contributed by atoms with Gasteiger partial charge in [0, 0.05) is 17.2 Å². The molecular formula is C19H23N3O4S. The summed E-state index contributed by atoms with van der Waals surface area (Å²) in [6.07, 6.45) is 0. The Kier molecular flexibility index (Phi) is 6.22. The third-order valence-corrected chi connectivity index (χ3v) is 4.67. The first kappa shape index (κ1) is 20.4. The highest BCUT2D eigenvalue weighted by Crippen LogP contribution is 2.29. The molecule has 0 saturated carbocycles. The van der Waals surface area contributed by atoms with Crippen LogP contribution in [0.1, 0.15) is 36.0 Å². The van der Waals surface area contributed by atoms with E-state index in [1.807, 2.05) is 27.7 Å². The first-order valence-electron chi connectivity index (χ1n) is 8.30. The van der Waals surface area contributed by atoms with Crippen molar-refractivity contribution in [2.45, 2.75) is 27.7 Å². The Morgan fingerprint density at radius 2 is 1.85 bits per heavy atom. The molecule has 3 amide bonds. The lowest BCUT2D eigenvalue weighted by Gasteiger charge is -2.16. The maximum Gasteiger partial charge on any atom is 0.266 e. The van der Waals surface area contributed by atoms with Gasteiger partial charge in [-0.2, -0.15) is 0 Å².